The molecule has 0 bridgehead atoms. The van der Waals surface area contributed by atoms with E-state index in [1.165, 1.54) is 0 Å². The topological polar surface area (TPSA) is 78.0 Å². The van der Waals surface area contributed by atoms with Gasteiger partial charge in [0.15, 0.2) is 5.66 Å². The lowest BCUT2D eigenvalue weighted by Crippen LogP contribution is -2.54. The second kappa shape index (κ2) is 8.00. The average Bonchev–Trinajstić information content (AvgIpc) is 2.79. The summed E-state index contributed by atoms with van der Waals surface area (Å²) in [5, 5.41) is 10.8. The molecule has 1 aromatic carbocycles. The quantitative estimate of drug-likeness (QED) is 0.607. The Labute approximate surface area is 182 Å². The molecule has 7 nitrogen and oxygen atoms in total. The molecular formula is C24H27N7. The van der Waals surface area contributed by atoms with E-state index in [4.69, 9.17) is 4.98 Å². The van der Waals surface area contributed by atoms with Crippen LogP contribution in [0.2, 0.25) is 0 Å². The van der Waals surface area contributed by atoms with Crippen LogP contribution in [-0.4, -0.2) is 40.1 Å². The number of aromatic nitrogens is 3. The lowest BCUT2D eigenvalue weighted by molar-refractivity contribution is 0.405. The highest BCUT2D eigenvalue weighted by Crippen LogP contribution is 2.36. The van der Waals surface area contributed by atoms with E-state index in [0.717, 1.165) is 35.6 Å². The van der Waals surface area contributed by atoms with E-state index in [1.807, 2.05) is 12.4 Å². The summed E-state index contributed by atoms with van der Waals surface area (Å²) >= 11 is 0. The SMILES string of the molecule is C[C@@H]1CN(c2cc(C3(Nc4cnccn4)NC=Cc4ccccc43)ccn2)C[C@H](C)N1. The molecule has 3 aromatic rings. The van der Waals surface area contributed by atoms with Gasteiger partial charge in [-0.3, -0.25) is 4.98 Å². The van der Waals surface area contributed by atoms with Gasteiger partial charge in [0.05, 0.1) is 6.20 Å². The van der Waals surface area contributed by atoms with Gasteiger partial charge in [-0.2, -0.15) is 0 Å². The van der Waals surface area contributed by atoms with E-state index < -0.39 is 5.66 Å². The number of nitrogens with one attached hydrogen (secondary N) is 3. The standard InChI is InChI=1S/C24H27N7/c1-17-15-31(16-18(2)29-17)23-13-20(8-9-27-23)24(30-22-14-25-11-12-26-22)21-6-4-3-5-19(21)7-10-28-24/h3-14,17-18,28-29H,15-16H2,1-2H3,(H,26,30)/t17-,18+,24?. The van der Waals surface area contributed by atoms with Crippen LogP contribution in [0.5, 0.6) is 0 Å². The van der Waals surface area contributed by atoms with Crippen LogP contribution in [0.3, 0.4) is 0 Å². The van der Waals surface area contributed by atoms with E-state index in [0.29, 0.717) is 17.9 Å². The predicted octanol–water partition coefficient (Wildman–Crippen LogP) is 2.95. The van der Waals surface area contributed by atoms with Gasteiger partial charge >= 0.3 is 0 Å². The maximum Gasteiger partial charge on any atom is 0.162 e. The molecule has 1 saturated heterocycles. The minimum Gasteiger partial charge on any atom is -0.361 e. The molecule has 0 spiro atoms. The number of piperazine rings is 1. The zero-order chi connectivity index (χ0) is 21.3. The van der Waals surface area contributed by atoms with Gasteiger partial charge in [-0.05, 0) is 43.8 Å². The Bertz CT molecular complexity index is 1070. The minimum absolute atomic E-state index is 0.414. The summed E-state index contributed by atoms with van der Waals surface area (Å²) in [6, 6.07) is 13.5. The first-order valence-electron chi connectivity index (χ1n) is 10.7. The highest BCUT2D eigenvalue weighted by Gasteiger charge is 2.38. The number of rotatable bonds is 4. The van der Waals surface area contributed by atoms with Crippen LogP contribution >= 0.6 is 0 Å². The first kappa shape index (κ1) is 19.5. The Morgan fingerprint density at radius 1 is 1.03 bits per heavy atom. The third kappa shape index (κ3) is 3.72. The second-order valence-corrected chi connectivity index (χ2v) is 8.31. The van der Waals surface area contributed by atoms with Crippen LogP contribution in [0, 0.1) is 0 Å². The maximum absolute atomic E-state index is 4.72. The first-order chi connectivity index (χ1) is 15.1. The van der Waals surface area contributed by atoms with E-state index in [-0.39, 0.29) is 0 Å². The fourth-order valence-corrected chi connectivity index (χ4v) is 4.63. The molecule has 158 valence electrons. The Hall–Kier alpha value is -3.45. The molecule has 2 aliphatic heterocycles. The number of pyridine rings is 1. The molecule has 0 amide bonds. The average molecular weight is 414 g/mol. The predicted molar refractivity (Wildman–Crippen MR) is 124 cm³/mol. The van der Waals surface area contributed by atoms with Crippen LogP contribution in [0.25, 0.3) is 6.08 Å². The zero-order valence-electron chi connectivity index (χ0n) is 17.8. The van der Waals surface area contributed by atoms with Crippen molar-refractivity contribution >= 4 is 17.7 Å². The summed E-state index contributed by atoms with van der Waals surface area (Å²) in [5.41, 5.74) is 2.66. The Morgan fingerprint density at radius 2 is 1.87 bits per heavy atom. The van der Waals surface area contributed by atoms with Gasteiger partial charge in [0, 0.05) is 54.9 Å². The van der Waals surface area contributed by atoms with Gasteiger partial charge in [-0.1, -0.05) is 24.3 Å². The third-order valence-electron chi connectivity index (χ3n) is 5.87. The van der Waals surface area contributed by atoms with E-state index in [9.17, 15) is 0 Å². The van der Waals surface area contributed by atoms with Crippen LogP contribution < -0.4 is 20.9 Å². The van der Waals surface area contributed by atoms with Crippen LogP contribution in [0.1, 0.15) is 30.5 Å². The monoisotopic (exact) mass is 413 g/mol. The number of hydrogen-bond donors (Lipinski definition) is 3. The Morgan fingerprint density at radius 3 is 2.68 bits per heavy atom. The van der Waals surface area contributed by atoms with E-state index in [1.54, 1.807) is 18.6 Å². The fourth-order valence-electron chi connectivity index (χ4n) is 4.63. The molecule has 0 saturated carbocycles. The molecule has 0 radical (unpaired) electrons. The van der Waals surface area contributed by atoms with Gasteiger partial charge in [0.2, 0.25) is 0 Å². The van der Waals surface area contributed by atoms with Crippen molar-refractivity contribution in [2.24, 2.45) is 0 Å². The fraction of sp³-hybridized carbons (Fsp3) is 0.292. The summed E-state index contributed by atoms with van der Waals surface area (Å²) in [4.78, 5) is 15.8. The van der Waals surface area contributed by atoms with Gasteiger partial charge < -0.3 is 20.9 Å². The van der Waals surface area contributed by atoms with Crippen molar-refractivity contribution in [3.05, 3.63) is 84.1 Å². The highest BCUT2D eigenvalue weighted by atomic mass is 15.3. The molecule has 5 rings (SSSR count). The first-order valence-corrected chi connectivity index (χ1v) is 10.7. The summed E-state index contributed by atoms with van der Waals surface area (Å²) in [6.45, 7) is 6.28. The smallest absolute Gasteiger partial charge is 0.162 e. The van der Waals surface area contributed by atoms with Crippen molar-refractivity contribution in [3.8, 4) is 0 Å². The number of anilines is 2. The normalized spacial score (nSPS) is 24.9. The minimum atomic E-state index is -0.690. The number of nitrogens with zero attached hydrogens (tertiary/aromatic N) is 4. The van der Waals surface area contributed by atoms with Crippen molar-refractivity contribution in [1.29, 1.82) is 0 Å². The van der Waals surface area contributed by atoms with Crippen molar-refractivity contribution in [3.63, 3.8) is 0 Å². The Balaban J connectivity index is 1.61. The van der Waals surface area contributed by atoms with E-state index in [2.05, 4.69) is 87.1 Å². The molecule has 4 heterocycles. The highest BCUT2D eigenvalue weighted by molar-refractivity contribution is 5.64. The Kier molecular flexibility index (Phi) is 5.03. The molecule has 3 N–H and O–H groups in total. The lowest BCUT2D eigenvalue weighted by Gasteiger charge is -2.41. The molecule has 7 heteroatoms. The third-order valence-corrected chi connectivity index (χ3v) is 5.87. The van der Waals surface area contributed by atoms with Gasteiger partial charge in [0.1, 0.15) is 11.6 Å². The zero-order valence-corrected chi connectivity index (χ0v) is 17.8. The molecule has 2 aliphatic rings. The van der Waals surface area contributed by atoms with Gasteiger partial charge in [-0.25, -0.2) is 9.97 Å². The van der Waals surface area contributed by atoms with Crippen molar-refractivity contribution < 1.29 is 0 Å². The maximum atomic E-state index is 4.72. The molecule has 3 atom stereocenters. The molecular weight excluding hydrogens is 386 g/mol. The lowest BCUT2D eigenvalue weighted by atomic mass is 9.86. The van der Waals surface area contributed by atoms with Gasteiger partial charge in [0.25, 0.3) is 0 Å². The number of fused-ring (bicyclic) bond motifs is 1. The van der Waals surface area contributed by atoms with E-state index >= 15 is 0 Å². The molecule has 2 aromatic heterocycles. The number of benzene rings is 1. The van der Waals surface area contributed by atoms with Crippen molar-refractivity contribution in [1.82, 2.24) is 25.6 Å². The molecule has 1 unspecified atom stereocenters. The van der Waals surface area contributed by atoms with Crippen LogP contribution in [0.15, 0.2) is 67.4 Å². The second-order valence-electron chi connectivity index (χ2n) is 8.31. The summed E-state index contributed by atoms with van der Waals surface area (Å²) in [6.07, 6.45) is 11.1. The summed E-state index contributed by atoms with van der Waals surface area (Å²) in [7, 11) is 0. The number of hydrogen-bond acceptors (Lipinski definition) is 7. The van der Waals surface area contributed by atoms with Crippen molar-refractivity contribution in [2.75, 3.05) is 23.3 Å². The molecule has 1 fully saturated rings. The van der Waals surface area contributed by atoms with Crippen LogP contribution in [-0.2, 0) is 5.66 Å². The van der Waals surface area contributed by atoms with Crippen LogP contribution in [0.4, 0.5) is 11.6 Å². The van der Waals surface area contributed by atoms with Gasteiger partial charge in [-0.15, -0.1) is 0 Å². The van der Waals surface area contributed by atoms with Crippen molar-refractivity contribution in [2.45, 2.75) is 31.6 Å². The summed E-state index contributed by atoms with van der Waals surface area (Å²) < 4.78 is 0. The molecule has 0 aliphatic carbocycles. The summed E-state index contributed by atoms with van der Waals surface area (Å²) in [5.74, 6) is 1.68. The molecule has 31 heavy (non-hydrogen) atoms. The largest absolute Gasteiger partial charge is 0.361 e.